The van der Waals surface area contributed by atoms with Crippen molar-refractivity contribution in [3.63, 3.8) is 0 Å². The van der Waals surface area contributed by atoms with Gasteiger partial charge < -0.3 is 5.73 Å². The Kier molecular flexibility index (Phi) is 23.8. The molecule has 3 N–H and O–H groups in total. The van der Waals surface area contributed by atoms with E-state index in [2.05, 4.69) is 19.1 Å². The second-order valence-electron chi connectivity index (χ2n) is 6.15. The zero-order valence-electron chi connectivity index (χ0n) is 15.2. The van der Waals surface area contributed by atoms with Gasteiger partial charge in [-0.25, -0.2) is 0 Å². The molecule has 2 nitrogen and oxygen atoms in total. The molecule has 0 bridgehead atoms. The molecule has 0 saturated carbocycles. The van der Waals surface area contributed by atoms with E-state index in [9.17, 15) is 0 Å². The van der Waals surface area contributed by atoms with Crippen LogP contribution in [0.1, 0.15) is 96.8 Å². The monoisotopic (exact) mass is 362 g/mol. The van der Waals surface area contributed by atoms with E-state index in [4.69, 9.17) is 11.1 Å². The molecule has 0 aliphatic carbocycles. The van der Waals surface area contributed by atoms with Crippen LogP contribution < -0.4 is 5.73 Å². The summed E-state index contributed by atoms with van der Waals surface area (Å²) in [7, 11) is 0. The van der Waals surface area contributed by atoms with Crippen molar-refractivity contribution >= 4 is 29.3 Å². The molecule has 4 heteroatoms. The van der Waals surface area contributed by atoms with Crippen molar-refractivity contribution in [1.82, 2.24) is 0 Å². The maximum Gasteiger partial charge on any atom is 0.151 e. The molecule has 138 valence electrons. The smallest absolute Gasteiger partial charge is 0.151 e. The van der Waals surface area contributed by atoms with E-state index in [1.165, 1.54) is 102 Å². The first kappa shape index (κ1) is 25.1. The molecule has 0 atom stereocenters. The van der Waals surface area contributed by atoms with E-state index in [0.29, 0.717) is 0 Å². The fraction of sp³-hybridized carbons (Fsp3) is 0.842. The molecule has 0 aliphatic rings. The summed E-state index contributed by atoms with van der Waals surface area (Å²) in [5, 5.41) is 7.38. The molecular weight excluding hydrogens is 324 g/mol. The summed E-state index contributed by atoms with van der Waals surface area (Å²) >= 11 is 1.47. The van der Waals surface area contributed by atoms with Crippen molar-refractivity contribution in [2.24, 2.45) is 5.73 Å². The van der Waals surface area contributed by atoms with Gasteiger partial charge in [0.15, 0.2) is 5.17 Å². The molecule has 0 fully saturated rings. The Morgan fingerprint density at radius 3 is 1.70 bits per heavy atom. The molecule has 0 aromatic carbocycles. The van der Waals surface area contributed by atoms with Crippen LogP contribution in [0.4, 0.5) is 0 Å². The van der Waals surface area contributed by atoms with E-state index in [1.807, 2.05) is 0 Å². The van der Waals surface area contributed by atoms with E-state index in [-0.39, 0.29) is 17.6 Å². The number of hydrogen-bond acceptors (Lipinski definition) is 2. The van der Waals surface area contributed by atoms with Gasteiger partial charge in [-0.2, -0.15) is 0 Å². The molecule has 0 spiro atoms. The summed E-state index contributed by atoms with van der Waals surface area (Å²) < 4.78 is 0. The summed E-state index contributed by atoms with van der Waals surface area (Å²) in [6, 6.07) is 0. The largest absolute Gasteiger partial charge is 0.379 e. The van der Waals surface area contributed by atoms with E-state index >= 15 is 0 Å². The van der Waals surface area contributed by atoms with Gasteiger partial charge >= 0.3 is 0 Å². The minimum Gasteiger partial charge on any atom is -0.379 e. The average molecular weight is 363 g/mol. The van der Waals surface area contributed by atoms with Crippen molar-refractivity contribution in [2.45, 2.75) is 96.8 Å². The van der Waals surface area contributed by atoms with Crippen LogP contribution in [0.2, 0.25) is 0 Å². The van der Waals surface area contributed by atoms with Gasteiger partial charge in [-0.05, 0) is 32.1 Å². The Balaban J connectivity index is 0. The zero-order chi connectivity index (χ0) is 16.3. The Morgan fingerprint density at radius 1 is 0.783 bits per heavy atom. The van der Waals surface area contributed by atoms with Crippen LogP contribution in [0.3, 0.4) is 0 Å². The maximum atomic E-state index is 7.12. The zero-order valence-corrected chi connectivity index (χ0v) is 16.8. The van der Waals surface area contributed by atoms with Gasteiger partial charge in [-0.1, -0.05) is 88.6 Å². The Hall–Kier alpha value is -0.150. The van der Waals surface area contributed by atoms with Crippen LogP contribution in [0.5, 0.6) is 0 Å². The predicted octanol–water partition coefficient (Wildman–Crippen LogP) is 7.07. The van der Waals surface area contributed by atoms with Crippen molar-refractivity contribution < 1.29 is 0 Å². The fourth-order valence-electron chi connectivity index (χ4n) is 2.53. The normalized spacial score (nSPS) is 10.8. The Labute approximate surface area is 155 Å². The molecule has 23 heavy (non-hydrogen) atoms. The number of halogens is 1. The highest BCUT2D eigenvalue weighted by atomic mass is 35.5. The van der Waals surface area contributed by atoms with Crippen LogP contribution in [0.15, 0.2) is 12.2 Å². The molecule has 0 aromatic rings. The summed E-state index contributed by atoms with van der Waals surface area (Å²) in [5.74, 6) is 1.01. The minimum absolute atomic E-state index is 0. The standard InChI is InChI=1S/C19H38N2S.ClH/c1-2-3-4-5-6-7-8-9-10-11-12-13-14-15-16-17-18-22-19(20)21;/h9-10H,2-8,11-18H2,1H3,(H3,20,21);1H. The second-order valence-corrected chi connectivity index (χ2v) is 7.29. The van der Waals surface area contributed by atoms with E-state index in [0.717, 1.165) is 5.75 Å². The first-order valence-corrected chi connectivity index (χ1v) is 10.4. The number of amidine groups is 1. The van der Waals surface area contributed by atoms with Crippen molar-refractivity contribution in [2.75, 3.05) is 5.75 Å². The summed E-state index contributed by atoms with van der Waals surface area (Å²) in [6.07, 6.45) is 23.6. The number of unbranched alkanes of at least 4 members (excludes halogenated alkanes) is 12. The SMILES string of the molecule is CCCCCCCCC=CCCCCCCCCSC(=N)N.Cl. The van der Waals surface area contributed by atoms with Gasteiger partial charge in [0.2, 0.25) is 0 Å². The molecule has 0 radical (unpaired) electrons. The topological polar surface area (TPSA) is 49.9 Å². The van der Waals surface area contributed by atoms with Gasteiger partial charge in [-0.3, -0.25) is 5.41 Å². The lowest BCUT2D eigenvalue weighted by Gasteiger charge is -2.01. The Bertz CT molecular complexity index is 270. The molecular formula is C19H39ClN2S. The summed E-state index contributed by atoms with van der Waals surface area (Å²) in [4.78, 5) is 0. The molecule has 0 rings (SSSR count). The number of thioether (sulfide) groups is 1. The third kappa shape index (κ3) is 24.2. The van der Waals surface area contributed by atoms with Gasteiger partial charge in [-0.15, -0.1) is 12.4 Å². The summed E-state index contributed by atoms with van der Waals surface area (Å²) in [5.41, 5.74) is 5.30. The predicted molar refractivity (Wildman–Crippen MR) is 111 cm³/mol. The lowest BCUT2D eigenvalue weighted by molar-refractivity contribution is 0.607. The molecule has 0 aromatic heterocycles. The molecule has 0 heterocycles. The van der Waals surface area contributed by atoms with Crippen LogP contribution in [-0.2, 0) is 0 Å². The van der Waals surface area contributed by atoms with Gasteiger partial charge in [0, 0.05) is 5.75 Å². The number of rotatable bonds is 16. The highest BCUT2D eigenvalue weighted by molar-refractivity contribution is 8.13. The minimum atomic E-state index is 0. The number of nitrogens with two attached hydrogens (primary N) is 1. The van der Waals surface area contributed by atoms with Crippen molar-refractivity contribution in [3.05, 3.63) is 12.2 Å². The van der Waals surface area contributed by atoms with Crippen molar-refractivity contribution in [1.29, 1.82) is 5.41 Å². The first-order chi connectivity index (χ1) is 10.8. The fourth-order valence-corrected chi connectivity index (χ4v) is 3.10. The van der Waals surface area contributed by atoms with Crippen LogP contribution in [0, 0.1) is 5.41 Å². The van der Waals surface area contributed by atoms with Crippen LogP contribution >= 0.6 is 24.2 Å². The highest BCUT2D eigenvalue weighted by Crippen LogP contribution is 2.11. The molecule has 0 saturated heterocycles. The molecule has 0 aliphatic heterocycles. The summed E-state index contributed by atoms with van der Waals surface area (Å²) in [6.45, 7) is 2.27. The van der Waals surface area contributed by atoms with Crippen molar-refractivity contribution in [3.8, 4) is 0 Å². The quantitative estimate of drug-likeness (QED) is 0.133. The van der Waals surface area contributed by atoms with E-state index in [1.54, 1.807) is 0 Å². The van der Waals surface area contributed by atoms with Gasteiger partial charge in [0.05, 0.1) is 0 Å². The lowest BCUT2D eigenvalue weighted by Crippen LogP contribution is -2.04. The first-order valence-electron chi connectivity index (χ1n) is 9.39. The third-order valence-corrected chi connectivity index (χ3v) is 4.72. The number of hydrogen-bond donors (Lipinski definition) is 2. The van der Waals surface area contributed by atoms with Crippen LogP contribution in [-0.4, -0.2) is 10.9 Å². The average Bonchev–Trinajstić information content (AvgIpc) is 2.50. The third-order valence-electron chi connectivity index (χ3n) is 3.91. The van der Waals surface area contributed by atoms with E-state index < -0.39 is 0 Å². The van der Waals surface area contributed by atoms with Crippen LogP contribution in [0.25, 0.3) is 0 Å². The second kappa shape index (κ2) is 21.9. The molecule has 0 amide bonds. The number of nitrogens with one attached hydrogen (secondary N) is 1. The van der Waals surface area contributed by atoms with Gasteiger partial charge in [0.1, 0.15) is 0 Å². The maximum absolute atomic E-state index is 7.12. The lowest BCUT2D eigenvalue weighted by atomic mass is 10.1. The molecule has 0 unspecified atom stereocenters. The number of allylic oxidation sites excluding steroid dienone is 2. The van der Waals surface area contributed by atoms with Gasteiger partial charge in [0.25, 0.3) is 0 Å². The Morgan fingerprint density at radius 2 is 1.22 bits per heavy atom. The highest BCUT2D eigenvalue weighted by Gasteiger charge is 1.93.